The van der Waals surface area contributed by atoms with Crippen molar-refractivity contribution < 1.29 is 23.7 Å². The smallest absolute Gasteiger partial charge is 0.322 e. The predicted molar refractivity (Wildman–Crippen MR) is 129 cm³/mol. The van der Waals surface area contributed by atoms with Crippen LogP contribution in [0.3, 0.4) is 0 Å². The number of rotatable bonds is 8. The first-order chi connectivity index (χ1) is 17.0. The van der Waals surface area contributed by atoms with Crippen molar-refractivity contribution in [1.29, 1.82) is 0 Å². The second kappa shape index (κ2) is 10.2. The molecule has 0 fully saturated rings. The van der Waals surface area contributed by atoms with Gasteiger partial charge in [0.25, 0.3) is 11.7 Å². The van der Waals surface area contributed by atoms with Crippen molar-refractivity contribution >= 4 is 17.8 Å². The number of nitrogens with one attached hydrogen (secondary N) is 2. The van der Waals surface area contributed by atoms with Crippen LogP contribution >= 0.6 is 0 Å². The monoisotopic (exact) mass is 478 g/mol. The number of urea groups is 1. The zero-order valence-electron chi connectivity index (χ0n) is 20.0. The maximum Gasteiger partial charge on any atom is 0.322 e. The Morgan fingerprint density at radius 2 is 1.63 bits per heavy atom. The first-order valence-corrected chi connectivity index (χ1v) is 10.7. The molecule has 1 unspecified atom stereocenters. The molecule has 11 heteroatoms. The summed E-state index contributed by atoms with van der Waals surface area (Å²) in [5, 5.41) is 9.94. The van der Waals surface area contributed by atoms with Crippen molar-refractivity contribution in [1.82, 2.24) is 24.9 Å². The van der Waals surface area contributed by atoms with E-state index in [1.165, 1.54) is 21.3 Å². The maximum absolute atomic E-state index is 12.7. The first kappa shape index (κ1) is 23.6. The molecule has 2 aromatic carbocycles. The lowest BCUT2D eigenvalue weighted by Gasteiger charge is -2.18. The Morgan fingerprint density at radius 3 is 2.23 bits per heavy atom. The fourth-order valence-corrected chi connectivity index (χ4v) is 3.60. The number of ether oxygens (including phenoxy) is 4. The van der Waals surface area contributed by atoms with Crippen molar-refractivity contribution in [2.24, 2.45) is 0 Å². The second-order valence-corrected chi connectivity index (χ2v) is 7.48. The lowest BCUT2D eigenvalue weighted by atomic mass is 10.1. The van der Waals surface area contributed by atoms with Gasteiger partial charge in [-0.15, -0.1) is 5.10 Å². The summed E-state index contributed by atoms with van der Waals surface area (Å²) in [5.41, 5.74) is 2.43. The normalized spacial score (nSPS) is 11.6. The van der Waals surface area contributed by atoms with Crippen LogP contribution in [-0.2, 0) is 0 Å². The van der Waals surface area contributed by atoms with Gasteiger partial charge in [-0.2, -0.15) is 9.50 Å². The third-order valence-corrected chi connectivity index (χ3v) is 5.39. The van der Waals surface area contributed by atoms with Gasteiger partial charge in [0.15, 0.2) is 11.5 Å². The minimum absolute atomic E-state index is 0.119. The van der Waals surface area contributed by atoms with E-state index in [1.807, 2.05) is 37.3 Å². The van der Waals surface area contributed by atoms with Crippen LogP contribution in [-0.4, -0.2) is 54.1 Å². The molecular formula is C24H26N6O5. The highest BCUT2D eigenvalue weighted by atomic mass is 16.5. The molecule has 1 atom stereocenters. The molecule has 4 aromatic rings. The van der Waals surface area contributed by atoms with Gasteiger partial charge in [-0.1, -0.05) is 0 Å². The molecule has 35 heavy (non-hydrogen) atoms. The molecule has 0 aliphatic rings. The van der Waals surface area contributed by atoms with E-state index in [0.29, 0.717) is 23.0 Å². The molecule has 0 saturated carbocycles. The molecule has 0 saturated heterocycles. The maximum atomic E-state index is 12.7. The number of carbonyl (C=O) groups excluding carboxylic acids is 1. The van der Waals surface area contributed by atoms with Gasteiger partial charge in [0.2, 0.25) is 5.75 Å². The van der Waals surface area contributed by atoms with E-state index < -0.39 is 6.03 Å². The fourth-order valence-electron chi connectivity index (χ4n) is 3.60. The van der Waals surface area contributed by atoms with Crippen LogP contribution in [0.5, 0.6) is 23.0 Å². The number of nitrogens with zero attached hydrogens (tertiary/aromatic N) is 4. The average Bonchev–Trinajstić information content (AvgIpc) is 3.29. The van der Waals surface area contributed by atoms with Gasteiger partial charge < -0.3 is 24.3 Å². The predicted octanol–water partition coefficient (Wildman–Crippen LogP) is 3.71. The van der Waals surface area contributed by atoms with Crippen LogP contribution in [0.1, 0.15) is 18.5 Å². The summed E-state index contributed by atoms with van der Waals surface area (Å²) in [6, 6.07) is 12.1. The van der Waals surface area contributed by atoms with Crippen LogP contribution in [0.2, 0.25) is 0 Å². The zero-order chi connectivity index (χ0) is 24.9. The molecule has 0 bridgehead atoms. The van der Waals surface area contributed by atoms with E-state index in [1.54, 1.807) is 30.0 Å². The number of fused-ring (bicyclic) bond motifs is 1. The van der Waals surface area contributed by atoms with Crippen molar-refractivity contribution in [3.63, 3.8) is 0 Å². The van der Waals surface area contributed by atoms with Gasteiger partial charge in [0.05, 0.1) is 40.2 Å². The van der Waals surface area contributed by atoms with E-state index in [2.05, 4.69) is 25.7 Å². The molecule has 2 aromatic heterocycles. The molecular weight excluding hydrogens is 452 g/mol. The van der Waals surface area contributed by atoms with Crippen LogP contribution < -0.4 is 29.6 Å². The molecule has 0 aliphatic carbocycles. The summed E-state index contributed by atoms with van der Waals surface area (Å²) in [7, 11) is 6.22. The van der Waals surface area contributed by atoms with Crippen molar-refractivity contribution in [2.45, 2.75) is 13.0 Å². The number of methoxy groups -OCH3 is 4. The van der Waals surface area contributed by atoms with Gasteiger partial charge in [-0.05, 0) is 55.0 Å². The minimum Gasteiger partial charge on any atom is -0.497 e. The SMILES string of the molecule is COc1ccc(-c2ccnc3nc(NC(=O)NC(C)c4cc(OC)c(OC)c(OC)c4)nn23)cc1. The molecule has 0 aliphatic heterocycles. The summed E-state index contributed by atoms with van der Waals surface area (Å²) in [4.78, 5) is 21.3. The number of hydrogen-bond donors (Lipinski definition) is 2. The van der Waals surface area contributed by atoms with E-state index >= 15 is 0 Å². The van der Waals surface area contributed by atoms with Crippen LogP contribution in [0.4, 0.5) is 10.7 Å². The summed E-state index contributed by atoms with van der Waals surface area (Å²) in [6.07, 6.45) is 1.64. The highest BCUT2D eigenvalue weighted by Crippen LogP contribution is 2.39. The quantitative estimate of drug-likeness (QED) is 0.393. The van der Waals surface area contributed by atoms with E-state index in [9.17, 15) is 4.79 Å². The Labute approximate surface area is 202 Å². The molecule has 2 N–H and O–H groups in total. The molecule has 2 heterocycles. The third-order valence-electron chi connectivity index (χ3n) is 5.39. The van der Waals surface area contributed by atoms with Crippen molar-refractivity contribution in [3.8, 4) is 34.3 Å². The highest BCUT2D eigenvalue weighted by molar-refractivity contribution is 5.88. The van der Waals surface area contributed by atoms with E-state index in [0.717, 1.165) is 22.6 Å². The molecule has 11 nitrogen and oxygen atoms in total. The molecule has 2 amide bonds. The number of carbonyl (C=O) groups is 1. The number of amides is 2. The summed E-state index contributed by atoms with van der Waals surface area (Å²) in [5.74, 6) is 2.69. The Bertz CT molecular complexity index is 1310. The van der Waals surface area contributed by atoms with Crippen LogP contribution in [0.25, 0.3) is 17.0 Å². The van der Waals surface area contributed by atoms with Gasteiger partial charge >= 0.3 is 6.03 Å². The zero-order valence-corrected chi connectivity index (χ0v) is 20.0. The number of aromatic nitrogens is 4. The Kier molecular flexibility index (Phi) is 6.86. The molecule has 0 spiro atoms. The van der Waals surface area contributed by atoms with E-state index in [4.69, 9.17) is 18.9 Å². The van der Waals surface area contributed by atoms with Gasteiger partial charge in [-0.3, -0.25) is 5.32 Å². The van der Waals surface area contributed by atoms with Gasteiger partial charge in [0.1, 0.15) is 5.75 Å². The van der Waals surface area contributed by atoms with E-state index in [-0.39, 0.29) is 12.0 Å². The molecule has 182 valence electrons. The second-order valence-electron chi connectivity index (χ2n) is 7.48. The highest BCUT2D eigenvalue weighted by Gasteiger charge is 2.19. The van der Waals surface area contributed by atoms with Gasteiger partial charge in [-0.25, -0.2) is 9.78 Å². The summed E-state index contributed by atoms with van der Waals surface area (Å²) < 4.78 is 22.9. The lowest BCUT2D eigenvalue weighted by molar-refractivity contribution is 0.249. The molecule has 4 rings (SSSR count). The number of anilines is 1. The van der Waals surface area contributed by atoms with Crippen molar-refractivity contribution in [2.75, 3.05) is 33.8 Å². The summed E-state index contributed by atoms with van der Waals surface area (Å²) in [6.45, 7) is 1.83. The Hall–Kier alpha value is -4.54. The number of benzene rings is 2. The summed E-state index contributed by atoms with van der Waals surface area (Å²) >= 11 is 0. The Morgan fingerprint density at radius 1 is 0.943 bits per heavy atom. The lowest BCUT2D eigenvalue weighted by Crippen LogP contribution is -2.31. The fraction of sp³-hybridized carbons (Fsp3) is 0.250. The van der Waals surface area contributed by atoms with Crippen LogP contribution in [0, 0.1) is 0 Å². The van der Waals surface area contributed by atoms with Crippen LogP contribution in [0.15, 0.2) is 48.7 Å². The molecule has 0 radical (unpaired) electrons. The standard InChI is InChI=1S/C24H26N6O5/c1-14(16-12-19(33-3)21(35-5)20(13-16)34-4)26-24(31)28-22-27-23-25-11-10-18(30(23)29-22)15-6-8-17(32-2)9-7-15/h6-14H,1-5H3,(H2,26,28,29,31). The van der Waals surface area contributed by atoms with Crippen molar-refractivity contribution in [3.05, 3.63) is 54.2 Å². The minimum atomic E-state index is -0.479. The topological polar surface area (TPSA) is 121 Å². The third kappa shape index (κ3) is 4.88. The number of hydrogen-bond acceptors (Lipinski definition) is 8. The first-order valence-electron chi connectivity index (χ1n) is 10.7. The average molecular weight is 479 g/mol. The Balaban J connectivity index is 1.52. The van der Waals surface area contributed by atoms with Gasteiger partial charge in [0, 0.05) is 11.8 Å². The largest absolute Gasteiger partial charge is 0.497 e.